The first-order valence-corrected chi connectivity index (χ1v) is 11.6. The first kappa shape index (κ1) is 33.0. The van der Waals surface area contributed by atoms with Crippen LogP contribution < -0.4 is 38.9 Å². The van der Waals surface area contributed by atoms with Crippen LogP contribution in [-0.2, 0) is 28.8 Å². The average Bonchev–Trinajstić information content (AvgIpc) is 2.78. The first-order chi connectivity index (χ1) is 17.1. The summed E-state index contributed by atoms with van der Waals surface area (Å²) in [5.74, 6) is -6.42. The highest BCUT2D eigenvalue weighted by Gasteiger charge is 2.32. The van der Waals surface area contributed by atoms with Crippen molar-refractivity contribution in [3.05, 3.63) is 0 Å². The highest BCUT2D eigenvalue weighted by Crippen LogP contribution is 2.07. The highest BCUT2D eigenvalue weighted by molar-refractivity contribution is 5.94. The van der Waals surface area contributed by atoms with Gasteiger partial charge in [-0.05, 0) is 31.6 Å². The van der Waals surface area contributed by atoms with Crippen molar-refractivity contribution in [3.63, 3.8) is 0 Å². The quantitative estimate of drug-likeness (QED) is 0.0480. The maximum Gasteiger partial charge on any atom is 0.326 e. The fourth-order valence-corrected chi connectivity index (χ4v) is 3.06. The van der Waals surface area contributed by atoms with Gasteiger partial charge in [-0.1, -0.05) is 13.8 Å². The van der Waals surface area contributed by atoms with E-state index in [4.69, 9.17) is 28.0 Å². The van der Waals surface area contributed by atoms with Gasteiger partial charge in [0.25, 0.3) is 0 Å². The minimum absolute atomic E-state index is 0.0962. The van der Waals surface area contributed by atoms with Gasteiger partial charge in [0, 0.05) is 19.4 Å². The molecular weight excluding hydrogens is 492 g/mol. The molecule has 16 heteroatoms. The number of rotatable bonds is 18. The minimum Gasteiger partial charge on any atom is -0.481 e. The lowest BCUT2D eigenvalue weighted by molar-refractivity contribution is -0.143. The van der Waals surface area contributed by atoms with Crippen molar-refractivity contribution in [2.75, 3.05) is 6.54 Å². The Balaban J connectivity index is 5.41. The summed E-state index contributed by atoms with van der Waals surface area (Å²) in [6.45, 7) is 3.54. The van der Waals surface area contributed by atoms with E-state index >= 15 is 0 Å². The van der Waals surface area contributed by atoms with Crippen LogP contribution in [-0.4, -0.2) is 82.5 Å². The molecule has 0 aliphatic carbocycles. The minimum atomic E-state index is -1.55. The summed E-state index contributed by atoms with van der Waals surface area (Å²) >= 11 is 0. The average molecular weight is 531 g/mol. The molecule has 16 nitrogen and oxygen atoms in total. The Morgan fingerprint density at radius 3 is 1.84 bits per heavy atom. The Labute approximate surface area is 214 Å². The summed E-state index contributed by atoms with van der Waals surface area (Å²) in [7, 11) is 0. The lowest BCUT2D eigenvalue weighted by Crippen LogP contribution is -2.58. The van der Waals surface area contributed by atoms with E-state index in [1.165, 1.54) is 0 Å². The molecule has 4 amide bonds. The second-order valence-corrected chi connectivity index (χ2v) is 8.68. The second kappa shape index (κ2) is 16.7. The lowest BCUT2D eigenvalue weighted by Gasteiger charge is -2.27. The molecule has 4 unspecified atom stereocenters. The van der Waals surface area contributed by atoms with Crippen molar-refractivity contribution in [1.29, 1.82) is 0 Å². The fourth-order valence-electron chi connectivity index (χ4n) is 3.06. The predicted molar refractivity (Wildman–Crippen MR) is 131 cm³/mol. The lowest BCUT2D eigenvalue weighted by atomic mass is 10.0. The molecule has 0 saturated carbocycles. The number of nitrogens with zero attached hydrogens (tertiary/aromatic N) is 1. The molecule has 0 saturated heterocycles. The summed E-state index contributed by atoms with van der Waals surface area (Å²) in [4.78, 5) is 75.5. The molecule has 0 heterocycles. The fraction of sp³-hybridized carbons (Fsp3) is 0.667. The summed E-state index contributed by atoms with van der Waals surface area (Å²) in [5, 5.41) is 25.2. The smallest absolute Gasteiger partial charge is 0.326 e. The zero-order chi connectivity index (χ0) is 28.7. The third kappa shape index (κ3) is 14.3. The van der Waals surface area contributed by atoms with Crippen LogP contribution in [0.3, 0.4) is 0 Å². The molecule has 0 aliphatic rings. The van der Waals surface area contributed by atoms with Crippen molar-refractivity contribution >= 4 is 41.5 Å². The Kier molecular flexibility index (Phi) is 14.9. The number of hydrogen-bond donors (Lipinski definition) is 9. The van der Waals surface area contributed by atoms with Crippen molar-refractivity contribution < 1.29 is 39.0 Å². The van der Waals surface area contributed by atoms with E-state index in [9.17, 15) is 33.9 Å². The van der Waals surface area contributed by atoms with Gasteiger partial charge >= 0.3 is 11.9 Å². The van der Waals surface area contributed by atoms with Gasteiger partial charge in [0.2, 0.25) is 23.6 Å². The predicted octanol–water partition coefficient (Wildman–Crippen LogP) is -3.31. The number of nitrogens with two attached hydrogens (primary N) is 4. The number of aliphatic imine (C=N–C) groups is 1. The molecule has 0 spiro atoms. The second-order valence-electron chi connectivity index (χ2n) is 8.68. The molecular formula is C21H38N8O8. The Hall–Kier alpha value is -3.95. The number of carbonyl (C=O) groups is 6. The molecule has 0 bridgehead atoms. The van der Waals surface area contributed by atoms with Gasteiger partial charge in [-0.25, -0.2) is 4.79 Å². The molecule has 0 aliphatic heterocycles. The van der Waals surface area contributed by atoms with Gasteiger partial charge in [0.1, 0.15) is 18.1 Å². The van der Waals surface area contributed by atoms with Crippen LogP contribution in [0.15, 0.2) is 4.99 Å². The number of carboxylic acids is 2. The number of hydrogen-bond acceptors (Lipinski definition) is 8. The van der Waals surface area contributed by atoms with Crippen LogP contribution in [0.1, 0.15) is 52.4 Å². The third-order valence-electron chi connectivity index (χ3n) is 5.13. The molecule has 210 valence electrons. The monoisotopic (exact) mass is 530 g/mol. The SMILES string of the molecule is CC(C)C(NC(=O)C(N)CCCN=C(N)N)C(=O)NC(CCC(N)=O)C(=O)NC(CCC(=O)O)C(=O)O. The van der Waals surface area contributed by atoms with Crippen LogP contribution in [0, 0.1) is 5.92 Å². The van der Waals surface area contributed by atoms with Crippen molar-refractivity contribution in [1.82, 2.24) is 16.0 Å². The number of carboxylic acid groups (broad SMARTS) is 2. The van der Waals surface area contributed by atoms with E-state index in [0.717, 1.165) is 0 Å². The largest absolute Gasteiger partial charge is 0.481 e. The summed E-state index contributed by atoms with van der Waals surface area (Å²) in [5.41, 5.74) is 21.5. The van der Waals surface area contributed by atoms with E-state index in [-0.39, 0.29) is 31.8 Å². The molecule has 0 fully saturated rings. The summed E-state index contributed by atoms with van der Waals surface area (Å²) in [6, 6.07) is -5.03. The van der Waals surface area contributed by atoms with Crippen LogP contribution in [0.2, 0.25) is 0 Å². The van der Waals surface area contributed by atoms with Crippen LogP contribution in [0.4, 0.5) is 0 Å². The van der Waals surface area contributed by atoms with Crippen LogP contribution >= 0.6 is 0 Å². The third-order valence-corrected chi connectivity index (χ3v) is 5.13. The van der Waals surface area contributed by atoms with Crippen LogP contribution in [0.5, 0.6) is 0 Å². The molecule has 0 radical (unpaired) electrons. The molecule has 0 aromatic carbocycles. The normalized spacial score (nSPS) is 13.9. The van der Waals surface area contributed by atoms with E-state index in [2.05, 4.69) is 20.9 Å². The molecule has 37 heavy (non-hydrogen) atoms. The van der Waals surface area contributed by atoms with Crippen LogP contribution in [0.25, 0.3) is 0 Å². The molecule has 13 N–H and O–H groups in total. The van der Waals surface area contributed by atoms with Gasteiger partial charge in [-0.15, -0.1) is 0 Å². The maximum atomic E-state index is 13.0. The number of amides is 4. The summed E-state index contributed by atoms with van der Waals surface area (Å²) < 4.78 is 0. The molecule has 0 aromatic heterocycles. The molecule has 0 aromatic rings. The van der Waals surface area contributed by atoms with E-state index < -0.39 is 78.5 Å². The van der Waals surface area contributed by atoms with Gasteiger partial charge in [0.15, 0.2) is 5.96 Å². The Morgan fingerprint density at radius 2 is 1.35 bits per heavy atom. The highest BCUT2D eigenvalue weighted by atomic mass is 16.4. The van der Waals surface area contributed by atoms with E-state index in [1.807, 2.05) is 0 Å². The first-order valence-electron chi connectivity index (χ1n) is 11.6. The molecule has 0 rings (SSSR count). The number of nitrogens with one attached hydrogen (secondary N) is 3. The topological polar surface area (TPSA) is 295 Å². The van der Waals surface area contributed by atoms with Gasteiger partial charge in [-0.2, -0.15) is 0 Å². The van der Waals surface area contributed by atoms with Crippen molar-refractivity contribution in [2.24, 2.45) is 33.8 Å². The van der Waals surface area contributed by atoms with Gasteiger partial charge < -0.3 is 49.1 Å². The zero-order valence-electron chi connectivity index (χ0n) is 20.9. The van der Waals surface area contributed by atoms with Crippen molar-refractivity contribution in [2.45, 2.75) is 76.5 Å². The molecule has 4 atom stereocenters. The van der Waals surface area contributed by atoms with Crippen molar-refractivity contribution in [3.8, 4) is 0 Å². The summed E-state index contributed by atoms with van der Waals surface area (Å²) in [6.07, 6.45) is -0.869. The van der Waals surface area contributed by atoms with Gasteiger partial charge in [0.05, 0.1) is 6.04 Å². The number of primary amides is 1. The number of carbonyl (C=O) groups excluding carboxylic acids is 4. The Morgan fingerprint density at radius 1 is 0.784 bits per heavy atom. The zero-order valence-corrected chi connectivity index (χ0v) is 20.9. The standard InChI is InChI=1S/C21H38N8O8/c1-10(2)16(29-17(33)11(22)4-3-9-26-21(24)25)19(35)27-12(5-7-14(23)30)18(34)28-13(20(36)37)6-8-15(31)32/h10-13,16H,3-9,22H2,1-2H3,(H2,23,30)(H,27,35)(H,28,34)(H,29,33)(H,31,32)(H,36,37)(H4,24,25,26). The maximum absolute atomic E-state index is 13.0. The van der Waals surface area contributed by atoms with E-state index in [0.29, 0.717) is 6.42 Å². The van der Waals surface area contributed by atoms with Gasteiger partial charge in [-0.3, -0.25) is 29.0 Å². The number of guanidine groups is 1. The Bertz CT molecular complexity index is 859. The number of aliphatic carboxylic acids is 2. The van der Waals surface area contributed by atoms with E-state index in [1.54, 1.807) is 13.8 Å².